The molecule has 259 valence electrons. The number of rotatable bonds is 7. The number of aromatic nitrogens is 3. The molecule has 4 rings (SSSR count). The first-order chi connectivity index (χ1) is 21.2. The molecule has 3 heterocycles. The van der Waals surface area contributed by atoms with Crippen LogP contribution >= 0.6 is 0 Å². The molecule has 0 unspecified atom stereocenters. The summed E-state index contributed by atoms with van der Waals surface area (Å²) in [5.74, 6) is 0.167. The van der Waals surface area contributed by atoms with Crippen molar-refractivity contribution >= 4 is 5.78 Å². The molecule has 0 saturated carbocycles. The number of ketones is 1. The summed E-state index contributed by atoms with van der Waals surface area (Å²) in [5, 5.41) is 0. The van der Waals surface area contributed by atoms with Crippen LogP contribution in [0.15, 0.2) is 91.3 Å². The zero-order valence-electron chi connectivity index (χ0n) is 26.3. The summed E-state index contributed by atoms with van der Waals surface area (Å²) in [5.41, 5.74) is 6.73. The van der Waals surface area contributed by atoms with E-state index in [2.05, 4.69) is 90.2 Å². The number of Topliss-reactive ketones (excluding diaryl/α,β-unsaturated/α-hetero) is 1. The van der Waals surface area contributed by atoms with Crippen molar-refractivity contribution < 1.29 is 79.6 Å². The van der Waals surface area contributed by atoms with Crippen molar-refractivity contribution in [1.29, 1.82) is 0 Å². The van der Waals surface area contributed by atoms with Crippen molar-refractivity contribution in [2.24, 2.45) is 0 Å². The second kappa shape index (κ2) is 21.1. The molecular weight excluding hydrogens is 707 g/mol. The molecule has 0 N–H and O–H groups in total. The fourth-order valence-electron chi connectivity index (χ4n) is 3.71. The Morgan fingerprint density at radius 2 is 1.02 bits per heavy atom. The third-order valence-electron chi connectivity index (χ3n) is 5.46. The number of benzene rings is 1. The molecule has 0 aliphatic carbocycles. The van der Waals surface area contributed by atoms with Gasteiger partial charge in [-0.05, 0) is 61.2 Å². The Kier molecular flexibility index (Phi) is 19.8. The summed E-state index contributed by atoms with van der Waals surface area (Å²) >= 11 is 0. The van der Waals surface area contributed by atoms with Crippen LogP contribution in [0, 0.1) is 20.5 Å². The molecule has 0 atom stereocenters. The Balaban J connectivity index is 0.00000119. The van der Waals surface area contributed by atoms with Crippen LogP contribution in [0.2, 0.25) is 0 Å². The fourth-order valence-corrected chi connectivity index (χ4v) is 3.71. The Morgan fingerprint density at radius 1 is 0.638 bits per heavy atom. The average Bonchev–Trinajstić information content (AvgIpc) is 2.92. The van der Waals surface area contributed by atoms with Crippen molar-refractivity contribution in [3.8, 4) is 11.3 Å². The average molecular weight is 743 g/mol. The smallest absolute Gasteiger partial charge is 0.300 e. The maximum absolute atomic E-state index is 9.44. The number of hydrogen-bond donors (Lipinski definition) is 0. The number of nitrogens with zero attached hydrogens (tertiary/aromatic N) is 4. The van der Waals surface area contributed by atoms with E-state index in [0.717, 1.165) is 48.0 Å². The summed E-state index contributed by atoms with van der Waals surface area (Å²) in [4.78, 5) is 25.8. The first-order valence-corrected chi connectivity index (χ1v) is 16.0. The number of pyridine rings is 3. The third kappa shape index (κ3) is 24.0. The quantitative estimate of drug-likeness (QED) is 0.173. The molecule has 13 nitrogen and oxygen atoms in total. The predicted molar refractivity (Wildman–Crippen MR) is 146 cm³/mol. The van der Waals surface area contributed by atoms with Crippen molar-refractivity contribution in [3.63, 3.8) is 0 Å². The van der Waals surface area contributed by atoms with Crippen LogP contribution in [0.4, 0.5) is 0 Å². The monoisotopic (exact) mass is 741 g/mol. The molecule has 0 fully saturated rings. The van der Waals surface area contributed by atoms with Crippen LogP contribution in [-0.2, 0) is 46.9 Å². The van der Waals surface area contributed by atoms with E-state index in [4.69, 9.17) is 42.3 Å². The third-order valence-corrected chi connectivity index (χ3v) is 5.46. The molecule has 0 saturated heterocycles. The van der Waals surface area contributed by atoms with Gasteiger partial charge >= 0.3 is 17.1 Å². The summed E-state index contributed by atoms with van der Waals surface area (Å²) < 4.78 is 67.9. The van der Waals surface area contributed by atoms with Crippen molar-refractivity contribution in [2.45, 2.75) is 59.7 Å². The molecular formula is C31H36Cl2CuN4O9. The maximum Gasteiger partial charge on any atom is 2.00 e. The normalized spacial score (nSPS) is 11.0. The number of carbonyl (C=O) groups is 1. The first kappa shape index (κ1) is 44.1. The standard InChI is InChI=1S/C28H30N4.C3H6O.2ClHO4.Cu/c1-28(2,3)23-15-13-22(14-16-23)27-12-8-11-26(31-27)21-32(19-24-9-4-6-17-29-24)20-25-10-5-7-18-30-25;1-3(2)4;2*2-1(3,4)5;/h4-18H,19-21H2,1-3H3;1-2H3;2*(H,2,3,4,5);/q;;;;+2/p-2. The summed E-state index contributed by atoms with van der Waals surface area (Å²) in [7, 11) is -9.89. The van der Waals surface area contributed by atoms with E-state index < -0.39 is 20.5 Å². The van der Waals surface area contributed by atoms with Gasteiger partial charge in [0, 0.05) is 37.6 Å². The fraction of sp³-hybridized carbons (Fsp3) is 0.290. The Hall–Kier alpha value is -2.92. The van der Waals surface area contributed by atoms with E-state index in [-0.39, 0.29) is 28.3 Å². The van der Waals surface area contributed by atoms with E-state index >= 15 is 0 Å². The minimum atomic E-state index is -4.94. The van der Waals surface area contributed by atoms with Gasteiger partial charge in [-0.2, -0.15) is 0 Å². The minimum absolute atomic E-state index is 0. The van der Waals surface area contributed by atoms with E-state index in [1.54, 1.807) is 0 Å². The van der Waals surface area contributed by atoms with E-state index in [9.17, 15) is 4.79 Å². The van der Waals surface area contributed by atoms with Crippen LogP contribution in [0.25, 0.3) is 11.3 Å². The van der Waals surface area contributed by atoms with Gasteiger partial charge in [0.05, 0.1) is 22.8 Å². The van der Waals surface area contributed by atoms with Gasteiger partial charge in [-0.25, -0.2) is 37.3 Å². The molecule has 47 heavy (non-hydrogen) atoms. The van der Waals surface area contributed by atoms with Gasteiger partial charge in [0.1, 0.15) is 5.78 Å². The molecule has 16 heteroatoms. The van der Waals surface area contributed by atoms with Gasteiger partial charge < -0.3 is 4.79 Å². The minimum Gasteiger partial charge on any atom is -0.300 e. The zero-order chi connectivity index (χ0) is 35.0. The van der Waals surface area contributed by atoms with Crippen LogP contribution in [0.5, 0.6) is 0 Å². The summed E-state index contributed by atoms with van der Waals surface area (Å²) in [6.45, 7) is 12.0. The van der Waals surface area contributed by atoms with Crippen LogP contribution in [-0.4, -0.2) is 25.6 Å². The molecule has 0 amide bonds. The van der Waals surface area contributed by atoms with Crippen LogP contribution in [0.3, 0.4) is 0 Å². The Morgan fingerprint density at radius 3 is 1.38 bits per heavy atom. The molecule has 0 bridgehead atoms. The van der Waals surface area contributed by atoms with Gasteiger partial charge in [0.25, 0.3) is 0 Å². The van der Waals surface area contributed by atoms with Crippen molar-refractivity contribution in [3.05, 3.63) is 114 Å². The first-order valence-electron chi connectivity index (χ1n) is 13.5. The van der Waals surface area contributed by atoms with Crippen LogP contribution in [0.1, 0.15) is 57.3 Å². The molecule has 0 aliphatic rings. The Labute approximate surface area is 289 Å². The van der Waals surface area contributed by atoms with E-state index in [0.29, 0.717) is 0 Å². The molecule has 0 aliphatic heterocycles. The van der Waals surface area contributed by atoms with Gasteiger partial charge in [-0.1, -0.05) is 63.2 Å². The molecule has 0 spiro atoms. The van der Waals surface area contributed by atoms with E-state index in [1.165, 1.54) is 19.4 Å². The molecule has 1 radical (unpaired) electrons. The van der Waals surface area contributed by atoms with Crippen molar-refractivity contribution in [1.82, 2.24) is 19.9 Å². The largest absolute Gasteiger partial charge is 2.00 e. The Bertz CT molecular complexity index is 1370. The molecule has 1 aromatic carbocycles. The second-order valence-electron chi connectivity index (χ2n) is 10.8. The second-order valence-corrected chi connectivity index (χ2v) is 12.3. The van der Waals surface area contributed by atoms with Gasteiger partial charge in [0.15, 0.2) is 0 Å². The zero-order valence-corrected chi connectivity index (χ0v) is 28.8. The number of carbonyl (C=O) groups excluding carboxylic acids is 1. The summed E-state index contributed by atoms with van der Waals surface area (Å²) in [6, 6.07) is 27.1. The topological polar surface area (TPSA) is 243 Å². The number of halogens is 2. The van der Waals surface area contributed by atoms with Crippen LogP contribution < -0.4 is 37.3 Å². The van der Waals surface area contributed by atoms with Gasteiger partial charge in [-0.3, -0.25) is 19.9 Å². The van der Waals surface area contributed by atoms with Crippen molar-refractivity contribution in [2.75, 3.05) is 0 Å². The van der Waals surface area contributed by atoms with E-state index in [1.807, 2.05) is 36.7 Å². The molecule has 3 aromatic heterocycles. The van der Waals surface area contributed by atoms with Gasteiger partial charge in [0.2, 0.25) is 0 Å². The maximum atomic E-state index is 9.44. The van der Waals surface area contributed by atoms with Gasteiger partial charge in [-0.15, -0.1) is 20.5 Å². The molecule has 4 aromatic rings. The SMILES string of the molecule is CC(C)(C)c1ccc(-c2cccc(CN(Cc3ccccn3)Cc3ccccn3)n2)cc1.CC(C)=O.[Cu+2].[O-][Cl+3]([O-])([O-])[O-].[O-][Cl+3]([O-])([O-])[O-]. The summed E-state index contributed by atoms with van der Waals surface area (Å²) in [6.07, 6.45) is 3.68. The number of hydrogen-bond acceptors (Lipinski definition) is 13. The predicted octanol–water partition coefficient (Wildman–Crippen LogP) is -2.88.